The van der Waals surface area contributed by atoms with E-state index >= 15 is 0 Å². The summed E-state index contributed by atoms with van der Waals surface area (Å²) in [6, 6.07) is 11.8. The van der Waals surface area contributed by atoms with E-state index in [2.05, 4.69) is 16.9 Å². The standard InChI is InChI=1S/C25H24FN3O4S/c1-4-11-33-19-10-9-15(12-20(19)32-3)17-13-21(30)27-23-22(17)24(31)28-25(29(23)2)34-14-16-7-5-6-8-18(16)26/h4-10,12,17H,1,11,13-14H2,2-3H3,(H,27,30)/t17-/m1/s1. The van der Waals surface area contributed by atoms with E-state index in [0.717, 1.165) is 5.56 Å². The molecular weight excluding hydrogens is 457 g/mol. The van der Waals surface area contributed by atoms with Gasteiger partial charge in [0.05, 0.1) is 12.7 Å². The number of ether oxygens (including phenoxy) is 2. The van der Waals surface area contributed by atoms with Gasteiger partial charge in [0, 0.05) is 25.1 Å². The molecule has 1 aliphatic heterocycles. The van der Waals surface area contributed by atoms with E-state index in [1.54, 1.807) is 48.0 Å². The molecular formula is C25H24FN3O4S. The minimum atomic E-state index is -0.497. The van der Waals surface area contributed by atoms with Gasteiger partial charge < -0.3 is 19.4 Å². The van der Waals surface area contributed by atoms with E-state index in [9.17, 15) is 14.0 Å². The van der Waals surface area contributed by atoms with Crippen molar-refractivity contribution >= 4 is 23.5 Å². The van der Waals surface area contributed by atoms with Crippen molar-refractivity contribution in [3.05, 3.63) is 88.0 Å². The zero-order chi connectivity index (χ0) is 24.2. The smallest absolute Gasteiger partial charge is 0.279 e. The highest BCUT2D eigenvalue weighted by Crippen LogP contribution is 2.39. The van der Waals surface area contributed by atoms with Gasteiger partial charge in [0.15, 0.2) is 16.7 Å². The SMILES string of the molecule is C=CCOc1ccc([C@H]2CC(=O)Nc3c2c(=O)nc(SCc2ccccc2F)n3C)cc1OC. The van der Waals surface area contributed by atoms with Crippen LogP contribution in [0.5, 0.6) is 11.5 Å². The van der Waals surface area contributed by atoms with Gasteiger partial charge in [-0.1, -0.05) is 48.7 Å². The second kappa shape index (κ2) is 10.1. The molecule has 7 nitrogen and oxygen atoms in total. The highest BCUT2D eigenvalue weighted by molar-refractivity contribution is 7.98. The molecule has 0 fully saturated rings. The topological polar surface area (TPSA) is 82.5 Å². The van der Waals surface area contributed by atoms with Crippen LogP contribution in [0.4, 0.5) is 10.2 Å². The Kier molecular flexibility index (Phi) is 7.02. The Morgan fingerprint density at radius 1 is 1.26 bits per heavy atom. The number of halogens is 1. The number of carbonyl (C=O) groups excluding carboxylic acids is 1. The van der Waals surface area contributed by atoms with Gasteiger partial charge in [0.1, 0.15) is 18.2 Å². The zero-order valence-electron chi connectivity index (χ0n) is 18.8. The first-order valence-electron chi connectivity index (χ1n) is 10.6. The Hall–Kier alpha value is -3.59. The van der Waals surface area contributed by atoms with Crippen LogP contribution in [0, 0.1) is 5.82 Å². The molecule has 0 radical (unpaired) electrons. The third kappa shape index (κ3) is 4.70. The van der Waals surface area contributed by atoms with Crippen LogP contribution in [-0.2, 0) is 17.6 Å². The number of anilines is 1. The first kappa shape index (κ1) is 23.6. The summed E-state index contributed by atoms with van der Waals surface area (Å²) in [7, 11) is 3.26. The monoisotopic (exact) mass is 481 g/mol. The van der Waals surface area contributed by atoms with Gasteiger partial charge in [0.2, 0.25) is 5.91 Å². The van der Waals surface area contributed by atoms with E-state index in [-0.39, 0.29) is 18.1 Å². The molecule has 9 heteroatoms. The molecule has 176 valence electrons. The molecule has 1 aliphatic rings. The Morgan fingerprint density at radius 2 is 2.06 bits per heavy atom. The predicted octanol–water partition coefficient (Wildman–Crippen LogP) is 4.26. The summed E-state index contributed by atoms with van der Waals surface area (Å²) in [6.45, 7) is 3.96. The second-order valence-corrected chi connectivity index (χ2v) is 8.66. The summed E-state index contributed by atoms with van der Waals surface area (Å²) in [5, 5.41) is 3.20. The summed E-state index contributed by atoms with van der Waals surface area (Å²) >= 11 is 1.23. The maximum absolute atomic E-state index is 14.0. The zero-order valence-corrected chi connectivity index (χ0v) is 19.7. The largest absolute Gasteiger partial charge is 0.493 e. The fourth-order valence-electron chi connectivity index (χ4n) is 3.88. The number of nitrogens with one attached hydrogen (secondary N) is 1. The molecule has 0 bridgehead atoms. The van der Waals surface area contributed by atoms with Crippen LogP contribution in [-0.4, -0.2) is 29.2 Å². The molecule has 1 atom stereocenters. The van der Waals surface area contributed by atoms with Crippen molar-refractivity contribution in [3.8, 4) is 11.5 Å². The number of methoxy groups -OCH3 is 1. The van der Waals surface area contributed by atoms with Crippen LogP contribution in [0.3, 0.4) is 0 Å². The lowest BCUT2D eigenvalue weighted by Crippen LogP contribution is -2.33. The van der Waals surface area contributed by atoms with Crippen molar-refractivity contribution < 1.29 is 18.7 Å². The average molecular weight is 482 g/mol. The first-order chi connectivity index (χ1) is 16.4. The predicted molar refractivity (Wildman–Crippen MR) is 129 cm³/mol. The molecule has 0 spiro atoms. The summed E-state index contributed by atoms with van der Waals surface area (Å²) in [5.74, 6) is 0.694. The quantitative estimate of drug-likeness (QED) is 0.294. The molecule has 0 aliphatic carbocycles. The van der Waals surface area contributed by atoms with E-state index in [0.29, 0.717) is 46.0 Å². The summed E-state index contributed by atoms with van der Waals surface area (Å²) < 4.78 is 26.7. The number of carbonyl (C=O) groups is 1. The average Bonchev–Trinajstić information content (AvgIpc) is 2.84. The summed E-state index contributed by atoms with van der Waals surface area (Å²) in [5.41, 5.74) is 1.22. The van der Waals surface area contributed by atoms with E-state index in [4.69, 9.17) is 9.47 Å². The van der Waals surface area contributed by atoms with Gasteiger partial charge in [-0.3, -0.25) is 9.59 Å². The molecule has 1 N–H and O–H groups in total. The number of benzene rings is 2. The Morgan fingerprint density at radius 3 is 2.79 bits per heavy atom. The third-order valence-corrected chi connectivity index (χ3v) is 6.64. The lowest BCUT2D eigenvalue weighted by molar-refractivity contribution is -0.116. The van der Waals surface area contributed by atoms with Crippen LogP contribution in [0.1, 0.15) is 29.0 Å². The van der Waals surface area contributed by atoms with Crippen LogP contribution in [0.25, 0.3) is 0 Å². The number of hydrogen-bond donors (Lipinski definition) is 1. The number of nitrogens with zero attached hydrogens (tertiary/aromatic N) is 2. The summed E-state index contributed by atoms with van der Waals surface area (Å²) in [6.07, 6.45) is 1.73. The lowest BCUT2D eigenvalue weighted by Gasteiger charge is -2.28. The van der Waals surface area contributed by atoms with Gasteiger partial charge in [-0.05, 0) is 29.3 Å². The number of fused-ring (bicyclic) bond motifs is 1. The van der Waals surface area contributed by atoms with Gasteiger partial charge in [-0.2, -0.15) is 4.98 Å². The molecule has 2 heterocycles. The number of hydrogen-bond acceptors (Lipinski definition) is 6. The van der Waals surface area contributed by atoms with Gasteiger partial charge in [-0.15, -0.1) is 0 Å². The van der Waals surface area contributed by atoms with E-state index in [1.807, 2.05) is 6.07 Å². The second-order valence-electron chi connectivity index (χ2n) is 7.72. The molecule has 2 aromatic carbocycles. The fraction of sp³-hybridized carbons (Fsp3) is 0.240. The van der Waals surface area contributed by atoms with Crippen LogP contribution in [0.15, 0.2) is 65.1 Å². The van der Waals surface area contributed by atoms with Gasteiger partial charge in [-0.25, -0.2) is 4.39 Å². The third-order valence-electron chi connectivity index (χ3n) is 5.56. The Labute approximate surface area is 200 Å². The maximum atomic E-state index is 14.0. The lowest BCUT2D eigenvalue weighted by atomic mass is 9.86. The van der Waals surface area contributed by atoms with Crippen LogP contribution >= 0.6 is 11.8 Å². The Bertz CT molecular complexity index is 1310. The Balaban J connectivity index is 1.70. The highest BCUT2D eigenvalue weighted by atomic mass is 32.2. The maximum Gasteiger partial charge on any atom is 0.279 e. The molecule has 0 saturated carbocycles. The van der Waals surface area contributed by atoms with E-state index in [1.165, 1.54) is 24.9 Å². The summed E-state index contributed by atoms with van der Waals surface area (Å²) in [4.78, 5) is 30.0. The minimum Gasteiger partial charge on any atom is -0.493 e. The minimum absolute atomic E-state index is 0.0989. The van der Waals surface area contributed by atoms with E-state index < -0.39 is 11.5 Å². The van der Waals surface area contributed by atoms with Crippen molar-refractivity contribution in [1.82, 2.24) is 9.55 Å². The van der Waals surface area contributed by atoms with Crippen molar-refractivity contribution in [1.29, 1.82) is 0 Å². The number of thioether (sulfide) groups is 1. The molecule has 0 unspecified atom stereocenters. The van der Waals surface area contributed by atoms with Crippen molar-refractivity contribution in [2.24, 2.45) is 7.05 Å². The fourth-order valence-corrected chi connectivity index (χ4v) is 4.83. The van der Waals surface area contributed by atoms with Gasteiger partial charge >= 0.3 is 0 Å². The van der Waals surface area contributed by atoms with Crippen molar-refractivity contribution in [2.75, 3.05) is 19.0 Å². The van der Waals surface area contributed by atoms with Gasteiger partial charge in [0.25, 0.3) is 5.56 Å². The molecule has 1 amide bonds. The van der Waals surface area contributed by atoms with Crippen molar-refractivity contribution in [3.63, 3.8) is 0 Å². The molecule has 34 heavy (non-hydrogen) atoms. The number of amides is 1. The highest BCUT2D eigenvalue weighted by Gasteiger charge is 2.32. The van der Waals surface area contributed by atoms with Crippen LogP contribution in [0.2, 0.25) is 0 Å². The van der Waals surface area contributed by atoms with Crippen LogP contribution < -0.4 is 20.3 Å². The normalized spacial score (nSPS) is 14.8. The molecule has 3 aromatic rings. The molecule has 0 saturated heterocycles. The number of rotatable bonds is 8. The molecule has 4 rings (SSSR count). The first-order valence-corrected chi connectivity index (χ1v) is 11.6. The molecule has 1 aromatic heterocycles. The van der Waals surface area contributed by atoms with Crippen molar-refractivity contribution in [2.45, 2.75) is 23.2 Å². The number of aromatic nitrogens is 2.